The van der Waals surface area contributed by atoms with E-state index in [0.717, 1.165) is 0 Å². The van der Waals surface area contributed by atoms with Crippen molar-refractivity contribution in [2.45, 2.75) is 12.5 Å². The van der Waals surface area contributed by atoms with Crippen LogP contribution in [0.1, 0.15) is 6.42 Å². The minimum Gasteiger partial charge on any atom is -0.469 e. The molecule has 0 aliphatic carbocycles. The predicted molar refractivity (Wildman–Crippen MR) is 41.2 cm³/mol. The average molecular weight is 172 g/mol. The standard InChI is InChI=1S/C7H12N2O3/c1-12-7(11)2-6(10)9-3-5(8)4-9/h5H,2-4,8H2,1H3. The van der Waals surface area contributed by atoms with E-state index in [4.69, 9.17) is 5.73 Å². The summed E-state index contributed by atoms with van der Waals surface area (Å²) >= 11 is 0. The molecule has 0 spiro atoms. The van der Waals surface area contributed by atoms with Crippen LogP contribution in [-0.2, 0) is 14.3 Å². The van der Waals surface area contributed by atoms with Crippen LogP contribution in [0.5, 0.6) is 0 Å². The van der Waals surface area contributed by atoms with Crippen molar-refractivity contribution in [3.05, 3.63) is 0 Å². The summed E-state index contributed by atoms with van der Waals surface area (Å²) in [4.78, 5) is 23.3. The second kappa shape index (κ2) is 3.53. The summed E-state index contributed by atoms with van der Waals surface area (Å²) in [5.74, 6) is -0.705. The van der Waals surface area contributed by atoms with Crippen LogP contribution in [0.15, 0.2) is 0 Å². The quantitative estimate of drug-likeness (QED) is 0.416. The van der Waals surface area contributed by atoms with Crippen molar-refractivity contribution in [3.63, 3.8) is 0 Å². The zero-order valence-corrected chi connectivity index (χ0v) is 6.95. The normalized spacial score (nSPS) is 17.0. The van der Waals surface area contributed by atoms with Crippen molar-refractivity contribution in [3.8, 4) is 0 Å². The van der Waals surface area contributed by atoms with Gasteiger partial charge in [0.15, 0.2) is 0 Å². The second-order valence-corrected chi connectivity index (χ2v) is 2.81. The Balaban J connectivity index is 2.25. The Morgan fingerprint density at radius 1 is 1.58 bits per heavy atom. The smallest absolute Gasteiger partial charge is 0.315 e. The predicted octanol–water partition coefficient (Wildman–Crippen LogP) is -1.28. The van der Waals surface area contributed by atoms with E-state index in [1.807, 2.05) is 0 Å². The first kappa shape index (κ1) is 8.99. The molecule has 1 rings (SSSR count). The van der Waals surface area contributed by atoms with E-state index in [9.17, 15) is 9.59 Å². The van der Waals surface area contributed by atoms with Crippen LogP contribution in [0.2, 0.25) is 0 Å². The zero-order valence-electron chi connectivity index (χ0n) is 6.95. The Bertz CT molecular complexity index is 199. The number of ether oxygens (including phenoxy) is 1. The molecule has 0 saturated carbocycles. The van der Waals surface area contributed by atoms with Crippen LogP contribution in [-0.4, -0.2) is 43.0 Å². The number of amides is 1. The van der Waals surface area contributed by atoms with Crippen LogP contribution >= 0.6 is 0 Å². The molecule has 0 bridgehead atoms. The van der Waals surface area contributed by atoms with Crippen molar-refractivity contribution in [2.75, 3.05) is 20.2 Å². The van der Waals surface area contributed by atoms with E-state index in [1.54, 1.807) is 4.90 Å². The molecule has 68 valence electrons. The minimum atomic E-state index is -0.500. The Morgan fingerprint density at radius 2 is 2.17 bits per heavy atom. The van der Waals surface area contributed by atoms with Crippen molar-refractivity contribution < 1.29 is 14.3 Å². The molecule has 1 heterocycles. The third-order valence-corrected chi connectivity index (χ3v) is 1.79. The summed E-state index contributed by atoms with van der Waals surface area (Å²) in [6.07, 6.45) is -0.177. The zero-order chi connectivity index (χ0) is 9.14. The van der Waals surface area contributed by atoms with Gasteiger partial charge >= 0.3 is 5.97 Å². The van der Waals surface area contributed by atoms with Gasteiger partial charge in [-0.05, 0) is 0 Å². The fourth-order valence-corrected chi connectivity index (χ4v) is 1.02. The first-order valence-corrected chi connectivity index (χ1v) is 3.73. The van der Waals surface area contributed by atoms with Gasteiger partial charge in [0.1, 0.15) is 6.42 Å². The van der Waals surface area contributed by atoms with Crippen molar-refractivity contribution in [2.24, 2.45) is 5.73 Å². The number of rotatable bonds is 2. The molecule has 2 N–H and O–H groups in total. The molecule has 0 aromatic carbocycles. The minimum absolute atomic E-state index is 0.0756. The number of hydrogen-bond acceptors (Lipinski definition) is 4. The third kappa shape index (κ3) is 1.94. The highest BCUT2D eigenvalue weighted by molar-refractivity contribution is 5.94. The number of methoxy groups -OCH3 is 1. The van der Waals surface area contributed by atoms with Gasteiger partial charge in [-0.3, -0.25) is 9.59 Å². The molecule has 0 aromatic heterocycles. The molecule has 1 saturated heterocycles. The van der Waals surface area contributed by atoms with Gasteiger partial charge in [-0.1, -0.05) is 0 Å². The fourth-order valence-electron chi connectivity index (χ4n) is 1.02. The summed E-state index contributed by atoms with van der Waals surface area (Å²) in [6, 6.07) is 0.0756. The van der Waals surface area contributed by atoms with Gasteiger partial charge in [-0.25, -0.2) is 0 Å². The van der Waals surface area contributed by atoms with E-state index in [0.29, 0.717) is 13.1 Å². The Morgan fingerprint density at radius 3 is 2.58 bits per heavy atom. The topological polar surface area (TPSA) is 72.6 Å². The van der Waals surface area contributed by atoms with Gasteiger partial charge in [-0.2, -0.15) is 0 Å². The molecule has 1 aliphatic heterocycles. The fraction of sp³-hybridized carbons (Fsp3) is 0.714. The Hall–Kier alpha value is -1.10. The van der Waals surface area contributed by atoms with Crippen LogP contribution < -0.4 is 5.73 Å². The molecule has 0 unspecified atom stereocenters. The molecule has 1 aliphatic rings. The highest BCUT2D eigenvalue weighted by atomic mass is 16.5. The third-order valence-electron chi connectivity index (χ3n) is 1.79. The summed E-state index contributed by atoms with van der Waals surface area (Å²) in [5, 5.41) is 0. The molecule has 1 amide bonds. The summed E-state index contributed by atoms with van der Waals surface area (Å²) in [7, 11) is 1.26. The van der Waals surface area contributed by atoms with Crippen molar-refractivity contribution >= 4 is 11.9 Å². The number of likely N-dealkylation sites (tertiary alicyclic amines) is 1. The largest absolute Gasteiger partial charge is 0.469 e. The average Bonchev–Trinajstić information content (AvgIpc) is 1.98. The lowest BCUT2D eigenvalue weighted by Crippen LogP contribution is -2.58. The molecular weight excluding hydrogens is 160 g/mol. The molecule has 5 heteroatoms. The number of esters is 1. The first-order chi connectivity index (χ1) is 5.63. The van der Waals surface area contributed by atoms with Crippen LogP contribution in [0, 0.1) is 0 Å². The lowest BCUT2D eigenvalue weighted by Gasteiger charge is -2.36. The molecule has 0 radical (unpaired) electrons. The first-order valence-electron chi connectivity index (χ1n) is 3.73. The van der Waals surface area contributed by atoms with Gasteiger partial charge in [0.2, 0.25) is 5.91 Å². The van der Waals surface area contributed by atoms with E-state index in [-0.39, 0.29) is 18.4 Å². The Kier molecular flexibility index (Phi) is 2.65. The molecule has 12 heavy (non-hydrogen) atoms. The van der Waals surface area contributed by atoms with Crippen molar-refractivity contribution in [1.29, 1.82) is 0 Å². The van der Waals surface area contributed by atoms with Crippen molar-refractivity contribution in [1.82, 2.24) is 4.90 Å². The molecule has 1 fully saturated rings. The number of nitrogens with two attached hydrogens (primary N) is 1. The number of carbonyl (C=O) groups excluding carboxylic acids is 2. The van der Waals surface area contributed by atoms with Gasteiger partial charge < -0.3 is 15.4 Å². The summed E-state index contributed by atoms with van der Waals surface area (Å²) < 4.78 is 4.35. The highest BCUT2D eigenvalue weighted by Crippen LogP contribution is 2.07. The van der Waals surface area contributed by atoms with Gasteiger partial charge in [-0.15, -0.1) is 0 Å². The summed E-state index contributed by atoms with van der Waals surface area (Å²) in [5.41, 5.74) is 5.46. The van der Waals surface area contributed by atoms with Crippen LogP contribution in [0.25, 0.3) is 0 Å². The molecular formula is C7H12N2O3. The molecule has 0 atom stereocenters. The second-order valence-electron chi connectivity index (χ2n) is 2.81. The van der Waals surface area contributed by atoms with E-state index in [1.165, 1.54) is 7.11 Å². The maximum Gasteiger partial charge on any atom is 0.315 e. The lowest BCUT2D eigenvalue weighted by atomic mass is 10.1. The van der Waals surface area contributed by atoms with Gasteiger partial charge in [0, 0.05) is 19.1 Å². The number of hydrogen-bond donors (Lipinski definition) is 1. The van der Waals surface area contributed by atoms with Crippen LogP contribution in [0.3, 0.4) is 0 Å². The Labute approximate surface area is 70.5 Å². The number of carbonyl (C=O) groups is 2. The SMILES string of the molecule is COC(=O)CC(=O)N1CC(N)C1. The van der Waals surface area contributed by atoms with Gasteiger partial charge in [0.05, 0.1) is 7.11 Å². The molecule has 5 nitrogen and oxygen atoms in total. The lowest BCUT2D eigenvalue weighted by molar-refractivity contribution is -0.148. The number of nitrogens with zero attached hydrogens (tertiary/aromatic N) is 1. The van der Waals surface area contributed by atoms with E-state index >= 15 is 0 Å². The van der Waals surface area contributed by atoms with Crippen LogP contribution in [0.4, 0.5) is 0 Å². The highest BCUT2D eigenvalue weighted by Gasteiger charge is 2.28. The summed E-state index contributed by atoms with van der Waals surface area (Å²) in [6.45, 7) is 1.10. The maximum atomic E-state index is 11.1. The van der Waals surface area contributed by atoms with Gasteiger partial charge in [0.25, 0.3) is 0 Å². The molecule has 0 aromatic rings. The van der Waals surface area contributed by atoms with E-state index in [2.05, 4.69) is 4.74 Å². The van der Waals surface area contributed by atoms with E-state index < -0.39 is 5.97 Å². The monoisotopic (exact) mass is 172 g/mol. The maximum absolute atomic E-state index is 11.1.